The summed E-state index contributed by atoms with van der Waals surface area (Å²) in [6.07, 6.45) is 0.799. The average molecular weight is 345 g/mol. The maximum Gasteiger partial charge on any atom is 0.319 e. The molecule has 0 radical (unpaired) electrons. The molecule has 3 N–H and O–H groups in total. The number of anilines is 1. The molecule has 0 heterocycles. The van der Waals surface area contributed by atoms with Gasteiger partial charge in [0.2, 0.25) is 5.91 Å². The Kier molecular flexibility index (Phi) is 7.80. The summed E-state index contributed by atoms with van der Waals surface area (Å²) in [5.74, 6) is -2.75. The van der Waals surface area contributed by atoms with Gasteiger partial charge in [0, 0.05) is 16.6 Å². The van der Waals surface area contributed by atoms with E-state index in [9.17, 15) is 18.4 Å². The third kappa shape index (κ3) is 7.32. The molecule has 23 heavy (non-hydrogen) atoms. The maximum absolute atomic E-state index is 12.2. The lowest BCUT2D eigenvalue weighted by Gasteiger charge is -2.17. The molecule has 5 nitrogen and oxygen atoms in total. The Balaban J connectivity index is 2.48. The molecule has 0 spiro atoms. The summed E-state index contributed by atoms with van der Waals surface area (Å²) in [7, 11) is 0. The third-order valence-electron chi connectivity index (χ3n) is 3.08. The van der Waals surface area contributed by atoms with Crippen molar-refractivity contribution in [3.63, 3.8) is 0 Å². The second kappa shape index (κ2) is 9.34. The first kappa shape index (κ1) is 19.2. The minimum Gasteiger partial charge on any atom is -0.352 e. The Hall–Kier alpha value is -1.83. The summed E-state index contributed by atoms with van der Waals surface area (Å²) in [6.45, 7) is 5.41. The SMILES string of the molecule is CC[C@H](C)NC(=O)[C@H](C)NC(=O)Nc1ccc(SC(F)F)cc1. The first-order chi connectivity index (χ1) is 10.8. The molecular weight excluding hydrogens is 324 g/mol. The minimum atomic E-state index is -2.48. The summed E-state index contributed by atoms with van der Waals surface area (Å²) < 4.78 is 24.4. The molecule has 0 aliphatic heterocycles. The van der Waals surface area contributed by atoms with Gasteiger partial charge in [-0.3, -0.25) is 4.79 Å². The fourth-order valence-corrected chi connectivity index (χ4v) is 2.12. The van der Waals surface area contributed by atoms with Crippen LogP contribution in [0.1, 0.15) is 27.2 Å². The first-order valence-corrected chi connectivity index (χ1v) is 8.12. The van der Waals surface area contributed by atoms with Crippen LogP contribution in [0.2, 0.25) is 0 Å². The number of thioether (sulfide) groups is 1. The molecule has 1 rings (SSSR count). The standard InChI is InChI=1S/C15H21F2N3O2S/c1-4-9(2)18-13(21)10(3)19-15(22)20-11-5-7-12(8-6-11)23-14(16)17/h5-10,14H,4H2,1-3H3,(H,18,21)(H2,19,20,22)/t9-,10-/m0/s1. The predicted octanol–water partition coefficient (Wildman–Crippen LogP) is 3.43. The van der Waals surface area contributed by atoms with Crippen LogP contribution in [0.3, 0.4) is 0 Å². The van der Waals surface area contributed by atoms with Crippen LogP contribution in [0.15, 0.2) is 29.2 Å². The number of rotatable bonds is 7. The number of amides is 3. The molecule has 0 aliphatic carbocycles. The zero-order chi connectivity index (χ0) is 17.4. The summed E-state index contributed by atoms with van der Waals surface area (Å²) in [5.41, 5.74) is 0.454. The van der Waals surface area contributed by atoms with Crippen LogP contribution in [0.4, 0.5) is 19.3 Å². The lowest BCUT2D eigenvalue weighted by molar-refractivity contribution is -0.123. The molecule has 128 valence electrons. The Morgan fingerprint density at radius 3 is 2.26 bits per heavy atom. The van der Waals surface area contributed by atoms with Gasteiger partial charge in [0.05, 0.1) is 0 Å². The Morgan fingerprint density at radius 1 is 1.13 bits per heavy atom. The van der Waals surface area contributed by atoms with Crippen molar-refractivity contribution >= 4 is 29.4 Å². The average Bonchev–Trinajstić information content (AvgIpc) is 2.48. The van der Waals surface area contributed by atoms with Crippen molar-refractivity contribution in [2.45, 2.75) is 49.9 Å². The van der Waals surface area contributed by atoms with Crippen LogP contribution in [0, 0.1) is 0 Å². The van der Waals surface area contributed by atoms with Crippen molar-refractivity contribution in [2.75, 3.05) is 5.32 Å². The Labute approximate surface area is 138 Å². The number of carbonyl (C=O) groups excluding carboxylic acids is 2. The molecule has 0 saturated carbocycles. The van der Waals surface area contributed by atoms with Crippen LogP contribution < -0.4 is 16.0 Å². The molecule has 1 aromatic rings. The Morgan fingerprint density at radius 2 is 1.74 bits per heavy atom. The number of alkyl halides is 2. The number of hydrogen-bond acceptors (Lipinski definition) is 3. The van der Waals surface area contributed by atoms with Gasteiger partial charge >= 0.3 is 6.03 Å². The molecule has 0 aliphatic rings. The van der Waals surface area contributed by atoms with Gasteiger partial charge in [-0.05, 0) is 44.5 Å². The van der Waals surface area contributed by atoms with E-state index in [-0.39, 0.29) is 11.9 Å². The van der Waals surface area contributed by atoms with E-state index in [4.69, 9.17) is 0 Å². The van der Waals surface area contributed by atoms with E-state index in [0.717, 1.165) is 6.42 Å². The number of benzene rings is 1. The molecule has 0 unspecified atom stereocenters. The van der Waals surface area contributed by atoms with Crippen molar-refractivity contribution in [1.82, 2.24) is 10.6 Å². The summed E-state index contributed by atoms with van der Waals surface area (Å²) in [4.78, 5) is 24.0. The number of hydrogen-bond donors (Lipinski definition) is 3. The lowest BCUT2D eigenvalue weighted by Crippen LogP contribution is -2.48. The van der Waals surface area contributed by atoms with Gasteiger partial charge in [0.25, 0.3) is 5.76 Å². The maximum atomic E-state index is 12.2. The lowest BCUT2D eigenvalue weighted by atomic mass is 10.2. The fourth-order valence-electron chi connectivity index (χ4n) is 1.62. The molecule has 1 aromatic carbocycles. The molecule has 2 atom stereocenters. The topological polar surface area (TPSA) is 70.2 Å². The molecule has 0 saturated heterocycles. The number of carbonyl (C=O) groups is 2. The normalized spacial score (nSPS) is 13.3. The molecule has 3 amide bonds. The van der Waals surface area contributed by atoms with Crippen LogP contribution in [0.25, 0.3) is 0 Å². The minimum absolute atomic E-state index is 0.0368. The second-order valence-electron chi connectivity index (χ2n) is 5.04. The van der Waals surface area contributed by atoms with Gasteiger partial charge in [-0.25, -0.2) is 4.79 Å². The highest BCUT2D eigenvalue weighted by atomic mass is 32.2. The van der Waals surface area contributed by atoms with E-state index in [1.54, 1.807) is 6.92 Å². The van der Waals surface area contributed by atoms with E-state index in [0.29, 0.717) is 22.3 Å². The van der Waals surface area contributed by atoms with Crippen LogP contribution in [-0.4, -0.2) is 29.8 Å². The zero-order valence-electron chi connectivity index (χ0n) is 13.2. The summed E-state index contributed by atoms with van der Waals surface area (Å²) in [6, 6.07) is 4.85. The highest BCUT2D eigenvalue weighted by molar-refractivity contribution is 7.99. The van der Waals surface area contributed by atoms with Crippen molar-refractivity contribution < 1.29 is 18.4 Å². The van der Waals surface area contributed by atoms with Crippen molar-refractivity contribution in [2.24, 2.45) is 0 Å². The molecule has 0 fully saturated rings. The van der Waals surface area contributed by atoms with Crippen molar-refractivity contribution in [1.29, 1.82) is 0 Å². The smallest absolute Gasteiger partial charge is 0.319 e. The number of halogens is 2. The number of nitrogens with one attached hydrogen (secondary N) is 3. The van der Waals surface area contributed by atoms with E-state index in [1.807, 2.05) is 13.8 Å². The van der Waals surface area contributed by atoms with E-state index in [2.05, 4.69) is 16.0 Å². The molecule has 0 bridgehead atoms. The highest BCUT2D eigenvalue weighted by Crippen LogP contribution is 2.26. The monoisotopic (exact) mass is 345 g/mol. The van der Waals surface area contributed by atoms with Crippen LogP contribution >= 0.6 is 11.8 Å². The summed E-state index contributed by atoms with van der Waals surface area (Å²) in [5, 5.41) is 7.83. The summed E-state index contributed by atoms with van der Waals surface area (Å²) >= 11 is 0.434. The third-order valence-corrected chi connectivity index (χ3v) is 3.80. The van der Waals surface area contributed by atoms with Gasteiger partial charge in [-0.15, -0.1) is 0 Å². The zero-order valence-corrected chi connectivity index (χ0v) is 14.0. The van der Waals surface area contributed by atoms with Crippen molar-refractivity contribution in [3.05, 3.63) is 24.3 Å². The first-order valence-electron chi connectivity index (χ1n) is 7.24. The highest BCUT2D eigenvalue weighted by Gasteiger charge is 2.16. The van der Waals surface area contributed by atoms with E-state index < -0.39 is 17.8 Å². The van der Waals surface area contributed by atoms with Gasteiger partial charge in [0.1, 0.15) is 6.04 Å². The molecular formula is C15H21F2N3O2S. The quantitative estimate of drug-likeness (QED) is 0.663. The van der Waals surface area contributed by atoms with Crippen LogP contribution in [-0.2, 0) is 4.79 Å². The molecule has 8 heteroatoms. The van der Waals surface area contributed by atoms with E-state index in [1.165, 1.54) is 24.3 Å². The van der Waals surface area contributed by atoms with Gasteiger partial charge in [-0.1, -0.05) is 18.7 Å². The van der Waals surface area contributed by atoms with E-state index >= 15 is 0 Å². The van der Waals surface area contributed by atoms with Gasteiger partial charge in [0.15, 0.2) is 0 Å². The van der Waals surface area contributed by atoms with Crippen LogP contribution in [0.5, 0.6) is 0 Å². The fraction of sp³-hybridized carbons (Fsp3) is 0.467. The van der Waals surface area contributed by atoms with Gasteiger partial charge in [-0.2, -0.15) is 8.78 Å². The molecule has 0 aromatic heterocycles. The van der Waals surface area contributed by atoms with Gasteiger partial charge < -0.3 is 16.0 Å². The number of urea groups is 1. The van der Waals surface area contributed by atoms with Crippen molar-refractivity contribution in [3.8, 4) is 0 Å². The predicted molar refractivity (Wildman–Crippen MR) is 87.8 cm³/mol. The largest absolute Gasteiger partial charge is 0.352 e. The second-order valence-corrected chi connectivity index (χ2v) is 6.10. The Bertz CT molecular complexity index is 526.